The molecule has 0 radical (unpaired) electrons. The Balaban J connectivity index is 1.59. The van der Waals surface area contributed by atoms with Crippen molar-refractivity contribution in [3.63, 3.8) is 0 Å². The molecule has 1 aromatic heterocycles. The zero-order valence-corrected chi connectivity index (χ0v) is 14.1. The topological polar surface area (TPSA) is 68.2 Å². The van der Waals surface area contributed by atoms with Gasteiger partial charge < -0.3 is 15.4 Å². The van der Waals surface area contributed by atoms with Gasteiger partial charge in [-0.2, -0.15) is 18.3 Å². The van der Waals surface area contributed by atoms with E-state index in [1.165, 1.54) is 6.20 Å². The lowest BCUT2D eigenvalue weighted by Crippen LogP contribution is -2.55. The maximum absolute atomic E-state index is 12.6. The predicted molar refractivity (Wildman–Crippen MR) is 87.6 cm³/mol. The van der Waals surface area contributed by atoms with Crippen LogP contribution in [-0.2, 0) is 22.3 Å². The Hall–Kier alpha value is -2.39. The van der Waals surface area contributed by atoms with E-state index in [0.29, 0.717) is 25.4 Å². The monoisotopic (exact) mass is 368 g/mol. The number of benzene rings is 1. The van der Waals surface area contributed by atoms with Gasteiger partial charge in [0.1, 0.15) is 6.04 Å². The average molecular weight is 368 g/mol. The summed E-state index contributed by atoms with van der Waals surface area (Å²) < 4.78 is 44.4. The molecule has 140 valence electrons. The summed E-state index contributed by atoms with van der Waals surface area (Å²) in [5, 5.41) is 9.46. The number of alkyl halides is 3. The van der Waals surface area contributed by atoms with Gasteiger partial charge in [-0.15, -0.1) is 0 Å². The molecular formula is C17H19F3N4O2. The zero-order chi connectivity index (χ0) is 18.7. The van der Waals surface area contributed by atoms with Crippen LogP contribution >= 0.6 is 0 Å². The first-order chi connectivity index (χ1) is 12.3. The van der Waals surface area contributed by atoms with Gasteiger partial charge in [0.15, 0.2) is 5.69 Å². The number of nitrogens with zero attached hydrogens (tertiary/aromatic N) is 2. The molecule has 0 bridgehead atoms. The number of halogens is 3. The molecule has 2 heterocycles. The van der Waals surface area contributed by atoms with Gasteiger partial charge >= 0.3 is 6.18 Å². The van der Waals surface area contributed by atoms with Crippen molar-refractivity contribution in [2.24, 2.45) is 0 Å². The molecule has 9 heteroatoms. The lowest BCUT2D eigenvalue weighted by molar-refractivity contribution is -0.141. The maximum atomic E-state index is 12.6. The molecule has 6 nitrogen and oxygen atoms in total. The molecule has 1 aromatic carbocycles. The fourth-order valence-electron chi connectivity index (χ4n) is 2.71. The van der Waals surface area contributed by atoms with Gasteiger partial charge in [-0.05, 0) is 30.7 Å². The molecule has 1 amide bonds. The van der Waals surface area contributed by atoms with E-state index < -0.39 is 17.9 Å². The first-order valence-electron chi connectivity index (χ1n) is 8.19. The molecule has 2 N–H and O–H groups in total. The smallest absolute Gasteiger partial charge is 0.375 e. The lowest BCUT2D eigenvalue weighted by atomic mass is 10.1. The molecule has 1 aliphatic heterocycles. The number of rotatable bonds is 4. The summed E-state index contributed by atoms with van der Waals surface area (Å²) in [6, 6.07) is 7.30. The average Bonchev–Trinajstić information content (AvgIpc) is 3.11. The third-order valence-electron chi connectivity index (χ3n) is 4.15. The van der Waals surface area contributed by atoms with Crippen molar-refractivity contribution in [1.29, 1.82) is 0 Å². The van der Waals surface area contributed by atoms with Crippen molar-refractivity contribution >= 4 is 5.91 Å². The fourth-order valence-corrected chi connectivity index (χ4v) is 2.71. The van der Waals surface area contributed by atoms with E-state index in [2.05, 4.69) is 15.7 Å². The fraction of sp³-hybridized carbons (Fsp3) is 0.412. The highest BCUT2D eigenvalue weighted by Crippen LogP contribution is 2.27. The highest BCUT2D eigenvalue weighted by atomic mass is 19.4. The number of morpholine rings is 1. The standard InChI is InChI=1S/C17H19F3N4O2/c1-11-15(21-7-9-26-11)16(25)22-10-12-2-4-13(5-3-12)24-8-6-14(23-24)17(18,19)20/h2-6,8,11,15,21H,7,9-10H2,1H3,(H,22,25)/t11-,15+/m1/s1. The molecule has 0 unspecified atom stereocenters. The molecule has 1 saturated heterocycles. The van der Waals surface area contributed by atoms with Crippen molar-refractivity contribution in [2.75, 3.05) is 13.2 Å². The second-order valence-electron chi connectivity index (χ2n) is 6.04. The van der Waals surface area contributed by atoms with Crippen LogP contribution in [0, 0.1) is 0 Å². The van der Waals surface area contributed by atoms with Gasteiger partial charge in [0.2, 0.25) is 5.91 Å². The maximum Gasteiger partial charge on any atom is 0.435 e. The number of carbonyl (C=O) groups excluding carboxylic acids is 1. The van der Waals surface area contributed by atoms with Gasteiger partial charge in [0.25, 0.3) is 0 Å². The van der Waals surface area contributed by atoms with E-state index in [-0.39, 0.29) is 12.0 Å². The molecule has 1 fully saturated rings. The summed E-state index contributed by atoms with van der Waals surface area (Å²) in [6.07, 6.45) is -3.41. The Morgan fingerprint density at radius 1 is 1.35 bits per heavy atom. The van der Waals surface area contributed by atoms with Gasteiger partial charge in [-0.1, -0.05) is 12.1 Å². The Labute approximate surface area is 148 Å². The van der Waals surface area contributed by atoms with E-state index in [0.717, 1.165) is 16.3 Å². The number of nitrogens with one attached hydrogen (secondary N) is 2. The minimum absolute atomic E-state index is 0.150. The van der Waals surface area contributed by atoms with Crippen molar-refractivity contribution < 1.29 is 22.7 Å². The summed E-state index contributed by atoms with van der Waals surface area (Å²) in [4.78, 5) is 12.2. The number of hydrogen-bond donors (Lipinski definition) is 2. The van der Waals surface area contributed by atoms with Crippen LogP contribution in [0.15, 0.2) is 36.5 Å². The first-order valence-corrected chi connectivity index (χ1v) is 8.19. The highest BCUT2D eigenvalue weighted by molar-refractivity contribution is 5.82. The minimum atomic E-state index is -4.47. The number of aromatic nitrogens is 2. The predicted octanol–water partition coefficient (Wildman–Crippen LogP) is 1.88. The van der Waals surface area contributed by atoms with Crippen molar-refractivity contribution in [2.45, 2.75) is 31.8 Å². The summed E-state index contributed by atoms with van der Waals surface area (Å²) in [5.41, 5.74) is 0.395. The molecule has 1 aliphatic rings. The molecule has 0 aliphatic carbocycles. The van der Waals surface area contributed by atoms with Gasteiger partial charge in [-0.3, -0.25) is 4.79 Å². The van der Waals surface area contributed by atoms with Crippen LogP contribution in [0.25, 0.3) is 5.69 Å². The first kappa shape index (κ1) is 18.4. The Bertz CT molecular complexity index is 758. The SMILES string of the molecule is C[C@H]1OCCN[C@@H]1C(=O)NCc1ccc(-n2ccc(C(F)(F)F)n2)cc1. The van der Waals surface area contributed by atoms with Crippen molar-refractivity contribution in [3.05, 3.63) is 47.8 Å². The molecule has 0 spiro atoms. The van der Waals surface area contributed by atoms with E-state index in [4.69, 9.17) is 4.74 Å². The van der Waals surface area contributed by atoms with Crippen molar-refractivity contribution in [1.82, 2.24) is 20.4 Å². The summed E-state index contributed by atoms with van der Waals surface area (Å²) in [7, 11) is 0. The van der Waals surface area contributed by atoms with Crippen molar-refractivity contribution in [3.8, 4) is 5.69 Å². The molecule has 2 atom stereocenters. The second-order valence-corrected chi connectivity index (χ2v) is 6.04. The Kier molecular flexibility index (Phi) is 5.28. The van der Waals surface area contributed by atoms with Gasteiger partial charge in [0.05, 0.1) is 18.4 Å². The van der Waals surface area contributed by atoms with Crippen LogP contribution in [0.2, 0.25) is 0 Å². The zero-order valence-electron chi connectivity index (χ0n) is 14.1. The number of carbonyl (C=O) groups is 1. The summed E-state index contributed by atoms with van der Waals surface area (Å²) in [6.45, 7) is 3.36. The number of ether oxygens (including phenoxy) is 1. The van der Waals surface area contributed by atoms with Crippen LogP contribution in [-0.4, -0.2) is 41.0 Å². The minimum Gasteiger partial charge on any atom is -0.375 e. The summed E-state index contributed by atoms with van der Waals surface area (Å²) >= 11 is 0. The number of hydrogen-bond acceptors (Lipinski definition) is 4. The third-order valence-corrected chi connectivity index (χ3v) is 4.15. The highest BCUT2D eigenvalue weighted by Gasteiger charge is 2.33. The van der Waals surface area contributed by atoms with Gasteiger partial charge in [0, 0.05) is 19.3 Å². The van der Waals surface area contributed by atoms with Crippen LogP contribution in [0.1, 0.15) is 18.2 Å². The Morgan fingerprint density at radius 2 is 2.08 bits per heavy atom. The second kappa shape index (κ2) is 7.46. The largest absolute Gasteiger partial charge is 0.435 e. The van der Waals surface area contributed by atoms with E-state index in [9.17, 15) is 18.0 Å². The molecule has 26 heavy (non-hydrogen) atoms. The van der Waals surface area contributed by atoms with Crippen LogP contribution in [0.3, 0.4) is 0 Å². The molecule has 0 saturated carbocycles. The quantitative estimate of drug-likeness (QED) is 0.865. The lowest BCUT2D eigenvalue weighted by Gasteiger charge is -2.29. The van der Waals surface area contributed by atoms with Crippen LogP contribution in [0.5, 0.6) is 0 Å². The van der Waals surface area contributed by atoms with E-state index in [1.807, 2.05) is 6.92 Å². The van der Waals surface area contributed by atoms with E-state index >= 15 is 0 Å². The van der Waals surface area contributed by atoms with Crippen LogP contribution < -0.4 is 10.6 Å². The molecule has 3 rings (SSSR count). The number of amides is 1. The molecule has 2 aromatic rings. The van der Waals surface area contributed by atoms with Gasteiger partial charge in [-0.25, -0.2) is 4.68 Å². The Morgan fingerprint density at radius 3 is 2.69 bits per heavy atom. The normalized spacial score (nSPS) is 20.8. The van der Waals surface area contributed by atoms with Crippen LogP contribution in [0.4, 0.5) is 13.2 Å². The summed E-state index contributed by atoms with van der Waals surface area (Å²) in [5.74, 6) is -0.150. The third kappa shape index (κ3) is 4.23. The van der Waals surface area contributed by atoms with E-state index in [1.54, 1.807) is 24.3 Å². The molecular weight excluding hydrogens is 349 g/mol.